The molecule has 0 spiro atoms. The van der Waals surface area contributed by atoms with Crippen LogP contribution in [0.3, 0.4) is 0 Å². The molecule has 2 aliphatic rings. The molecule has 1 aromatic carbocycles. The number of nitrogens with zero attached hydrogens (tertiary/aromatic N) is 3. The highest BCUT2D eigenvalue weighted by Gasteiger charge is 2.30. The highest BCUT2D eigenvalue weighted by Crippen LogP contribution is 2.23. The van der Waals surface area contributed by atoms with Crippen molar-refractivity contribution in [3.8, 4) is 5.75 Å². The second-order valence-electron chi connectivity index (χ2n) is 6.98. The number of likely N-dealkylation sites (tertiary alicyclic amines) is 1. The number of hydrogen-bond acceptors (Lipinski definition) is 4. The van der Waals surface area contributed by atoms with Crippen molar-refractivity contribution >= 4 is 41.5 Å². The van der Waals surface area contributed by atoms with Gasteiger partial charge in [-0.05, 0) is 37.5 Å². The SMILES string of the molecule is CCNC(=NCCc1ccc(OC)cc1Cl)N1CCC(N2CCOCC2)C1.I. The molecule has 8 heteroatoms. The van der Waals surface area contributed by atoms with E-state index in [0.717, 1.165) is 74.7 Å². The van der Waals surface area contributed by atoms with Crippen molar-refractivity contribution in [1.82, 2.24) is 15.1 Å². The molecule has 0 amide bonds. The summed E-state index contributed by atoms with van der Waals surface area (Å²) in [5.74, 6) is 1.80. The predicted molar refractivity (Wildman–Crippen MR) is 125 cm³/mol. The van der Waals surface area contributed by atoms with Crippen molar-refractivity contribution < 1.29 is 9.47 Å². The monoisotopic (exact) mass is 522 g/mol. The van der Waals surface area contributed by atoms with Gasteiger partial charge >= 0.3 is 0 Å². The van der Waals surface area contributed by atoms with Crippen molar-refractivity contribution in [3.63, 3.8) is 0 Å². The molecule has 6 nitrogen and oxygen atoms in total. The third kappa shape index (κ3) is 6.37. The van der Waals surface area contributed by atoms with Crippen LogP contribution in [0.2, 0.25) is 5.02 Å². The molecule has 0 aliphatic carbocycles. The van der Waals surface area contributed by atoms with E-state index in [0.29, 0.717) is 12.6 Å². The van der Waals surface area contributed by atoms with Gasteiger partial charge in [0.15, 0.2) is 5.96 Å². The molecule has 2 aliphatic heterocycles. The van der Waals surface area contributed by atoms with E-state index in [2.05, 4.69) is 22.0 Å². The van der Waals surface area contributed by atoms with E-state index in [-0.39, 0.29) is 24.0 Å². The van der Waals surface area contributed by atoms with Crippen LogP contribution >= 0.6 is 35.6 Å². The van der Waals surface area contributed by atoms with Gasteiger partial charge in [-0.2, -0.15) is 0 Å². The zero-order valence-corrected chi connectivity index (χ0v) is 19.9. The number of guanidine groups is 1. The Hall–Kier alpha value is -0.770. The Kier molecular flexibility index (Phi) is 10.1. The van der Waals surface area contributed by atoms with Crippen LogP contribution in [0.15, 0.2) is 23.2 Å². The summed E-state index contributed by atoms with van der Waals surface area (Å²) in [5.41, 5.74) is 1.10. The number of hydrogen-bond donors (Lipinski definition) is 1. The van der Waals surface area contributed by atoms with E-state index in [4.69, 9.17) is 26.1 Å². The van der Waals surface area contributed by atoms with Crippen LogP contribution in [0.4, 0.5) is 0 Å². The Bertz CT molecular complexity index is 641. The Morgan fingerprint density at radius 3 is 2.79 bits per heavy atom. The summed E-state index contributed by atoms with van der Waals surface area (Å²) >= 11 is 6.35. The fourth-order valence-electron chi connectivity index (χ4n) is 3.74. The fourth-order valence-corrected chi connectivity index (χ4v) is 4.01. The summed E-state index contributed by atoms with van der Waals surface area (Å²) in [6.45, 7) is 9.59. The summed E-state index contributed by atoms with van der Waals surface area (Å²) in [5, 5.41) is 4.19. The van der Waals surface area contributed by atoms with Gasteiger partial charge in [0.1, 0.15) is 5.75 Å². The number of morpholine rings is 1. The highest BCUT2D eigenvalue weighted by atomic mass is 127. The normalized spacial score (nSPS) is 20.8. The first-order valence-electron chi connectivity index (χ1n) is 9.88. The predicted octanol–water partition coefficient (Wildman–Crippen LogP) is 2.88. The summed E-state index contributed by atoms with van der Waals surface area (Å²) in [7, 11) is 1.65. The van der Waals surface area contributed by atoms with Gasteiger partial charge in [-0.3, -0.25) is 9.89 Å². The first-order valence-corrected chi connectivity index (χ1v) is 10.3. The maximum Gasteiger partial charge on any atom is 0.193 e. The zero-order chi connectivity index (χ0) is 19.1. The Morgan fingerprint density at radius 2 is 2.11 bits per heavy atom. The summed E-state index contributed by atoms with van der Waals surface area (Å²) < 4.78 is 10.7. The van der Waals surface area contributed by atoms with E-state index in [1.54, 1.807) is 7.11 Å². The van der Waals surface area contributed by atoms with E-state index in [1.807, 2.05) is 18.2 Å². The highest BCUT2D eigenvalue weighted by molar-refractivity contribution is 14.0. The number of benzene rings is 1. The number of halogens is 2. The number of methoxy groups -OCH3 is 1. The molecule has 0 radical (unpaired) electrons. The summed E-state index contributed by atoms with van der Waals surface area (Å²) in [6.07, 6.45) is 2.01. The molecule has 1 atom stereocenters. The van der Waals surface area contributed by atoms with Crippen molar-refractivity contribution in [2.75, 3.05) is 59.6 Å². The molecule has 2 fully saturated rings. The fraction of sp³-hybridized carbons (Fsp3) is 0.650. The minimum atomic E-state index is 0. The summed E-state index contributed by atoms with van der Waals surface area (Å²) in [6, 6.07) is 6.44. The lowest BCUT2D eigenvalue weighted by Crippen LogP contribution is -2.46. The Labute approximate surface area is 190 Å². The molecule has 0 bridgehead atoms. The zero-order valence-electron chi connectivity index (χ0n) is 16.8. The average Bonchev–Trinajstić information content (AvgIpc) is 3.19. The lowest BCUT2D eigenvalue weighted by atomic mass is 10.1. The van der Waals surface area contributed by atoms with Crippen molar-refractivity contribution in [2.45, 2.75) is 25.8 Å². The second kappa shape index (κ2) is 12.0. The third-order valence-corrected chi connectivity index (χ3v) is 5.61. The van der Waals surface area contributed by atoms with E-state index in [1.165, 1.54) is 6.42 Å². The number of aliphatic imine (C=N–C) groups is 1. The molecule has 0 aromatic heterocycles. The number of nitrogens with one attached hydrogen (secondary N) is 1. The number of rotatable bonds is 6. The topological polar surface area (TPSA) is 49.3 Å². The molecule has 2 saturated heterocycles. The first-order chi connectivity index (χ1) is 13.2. The third-order valence-electron chi connectivity index (χ3n) is 5.26. The average molecular weight is 523 g/mol. The maximum atomic E-state index is 6.35. The smallest absolute Gasteiger partial charge is 0.193 e. The second-order valence-corrected chi connectivity index (χ2v) is 7.39. The molecular weight excluding hydrogens is 491 g/mol. The Morgan fingerprint density at radius 1 is 1.32 bits per heavy atom. The van der Waals surface area contributed by atoms with Gasteiger partial charge in [0.2, 0.25) is 0 Å². The van der Waals surface area contributed by atoms with Gasteiger partial charge in [0, 0.05) is 50.3 Å². The molecular formula is C20H32ClIN4O2. The van der Waals surface area contributed by atoms with Crippen LogP contribution in [0.25, 0.3) is 0 Å². The molecule has 3 rings (SSSR count). The van der Waals surface area contributed by atoms with Crippen molar-refractivity contribution in [2.24, 2.45) is 4.99 Å². The van der Waals surface area contributed by atoms with Crippen LogP contribution in [-0.4, -0.2) is 81.4 Å². The largest absolute Gasteiger partial charge is 0.497 e. The summed E-state index contributed by atoms with van der Waals surface area (Å²) in [4.78, 5) is 9.80. The minimum absolute atomic E-state index is 0. The van der Waals surface area contributed by atoms with Crippen LogP contribution in [0.5, 0.6) is 5.75 Å². The molecule has 28 heavy (non-hydrogen) atoms. The first kappa shape index (κ1) is 23.5. The van der Waals surface area contributed by atoms with Crippen molar-refractivity contribution in [3.05, 3.63) is 28.8 Å². The van der Waals surface area contributed by atoms with Gasteiger partial charge in [0.25, 0.3) is 0 Å². The molecule has 158 valence electrons. The lowest BCUT2D eigenvalue weighted by Gasteiger charge is -2.32. The van der Waals surface area contributed by atoms with Gasteiger partial charge < -0.3 is 19.7 Å². The molecule has 2 heterocycles. The molecule has 1 N–H and O–H groups in total. The molecule has 0 saturated carbocycles. The lowest BCUT2D eigenvalue weighted by molar-refractivity contribution is 0.0195. The quantitative estimate of drug-likeness (QED) is 0.354. The van der Waals surface area contributed by atoms with E-state index in [9.17, 15) is 0 Å². The van der Waals surface area contributed by atoms with E-state index >= 15 is 0 Å². The van der Waals surface area contributed by atoms with Gasteiger partial charge in [-0.15, -0.1) is 24.0 Å². The van der Waals surface area contributed by atoms with Crippen LogP contribution in [-0.2, 0) is 11.2 Å². The van der Waals surface area contributed by atoms with Crippen LogP contribution in [0, 0.1) is 0 Å². The maximum absolute atomic E-state index is 6.35. The number of ether oxygens (including phenoxy) is 2. The van der Waals surface area contributed by atoms with E-state index < -0.39 is 0 Å². The van der Waals surface area contributed by atoms with Crippen LogP contribution in [0.1, 0.15) is 18.9 Å². The van der Waals surface area contributed by atoms with Gasteiger partial charge in [-0.1, -0.05) is 17.7 Å². The minimum Gasteiger partial charge on any atom is -0.497 e. The molecule has 1 unspecified atom stereocenters. The van der Waals surface area contributed by atoms with Crippen LogP contribution < -0.4 is 10.1 Å². The Balaban J connectivity index is 0.00000280. The van der Waals surface area contributed by atoms with Gasteiger partial charge in [0.05, 0.1) is 20.3 Å². The standard InChI is InChI=1S/C20H31ClN4O2.HI/c1-3-22-20(23-8-6-16-4-5-18(26-2)14-19(16)21)25-9-7-17(15-25)24-10-12-27-13-11-24;/h4-5,14,17H,3,6-13,15H2,1-2H3,(H,22,23);1H. The molecule has 1 aromatic rings. The van der Waals surface area contributed by atoms with Gasteiger partial charge in [-0.25, -0.2) is 0 Å². The van der Waals surface area contributed by atoms with Crippen molar-refractivity contribution in [1.29, 1.82) is 0 Å².